The summed E-state index contributed by atoms with van der Waals surface area (Å²) in [7, 11) is 0. The highest BCUT2D eigenvalue weighted by molar-refractivity contribution is 5.75. The van der Waals surface area contributed by atoms with Crippen molar-refractivity contribution in [3.05, 3.63) is 34.4 Å². The van der Waals surface area contributed by atoms with E-state index in [4.69, 9.17) is 14.9 Å². The third-order valence-electron chi connectivity index (χ3n) is 11.2. The first kappa shape index (κ1) is 25.0. The molecular weight excluding hydrogens is 442 g/mol. The Kier molecular flexibility index (Phi) is 6.23. The van der Waals surface area contributed by atoms with E-state index in [0.717, 1.165) is 63.4 Å². The summed E-state index contributed by atoms with van der Waals surface area (Å²) in [4.78, 5) is 24.0. The van der Waals surface area contributed by atoms with E-state index in [0.29, 0.717) is 11.8 Å². The Morgan fingerprint density at radius 2 is 1.86 bits per heavy atom. The maximum atomic E-state index is 12.5. The molecule has 6 nitrogen and oxygen atoms in total. The lowest BCUT2D eigenvalue weighted by atomic mass is 9.43. The molecule has 4 fully saturated rings. The summed E-state index contributed by atoms with van der Waals surface area (Å²) in [5.41, 5.74) is 6.02. The normalized spacial score (nSPS) is 43.7. The molecule has 0 bridgehead atoms. The molecule has 0 aliphatic heterocycles. The van der Waals surface area contributed by atoms with Crippen LogP contribution in [0.25, 0.3) is 0 Å². The molecule has 3 N–H and O–H groups in total. The minimum absolute atomic E-state index is 0.0394. The molecule has 1 aromatic rings. The zero-order chi connectivity index (χ0) is 25.2. The van der Waals surface area contributed by atoms with E-state index in [-0.39, 0.29) is 46.3 Å². The third kappa shape index (κ3) is 3.81. The summed E-state index contributed by atoms with van der Waals surface area (Å²) in [5.74, 6) is 1.31. The number of carbonyl (C=O) groups is 1. The molecule has 5 rings (SSSR count). The van der Waals surface area contributed by atoms with Gasteiger partial charge in [-0.25, -0.2) is 4.79 Å². The zero-order valence-electron chi connectivity index (χ0n) is 21.8. The molecule has 4 aliphatic carbocycles. The van der Waals surface area contributed by atoms with Gasteiger partial charge < -0.3 is 20.0 Å². The van der Waals surface area contributed by atoms with E-state index in [1.165, 1.54) is 6.07 Å². The maximum absolute atomic E-state index is 12.5. The van der Waals surface area contributed by atoms with Gasteiger partial charge in [0.25, 0.3) is 0 Å². The van der Waals surface area contributed by atoms with Crippen LogP contribution in [0.5, 0.6) is 0 Å². The first-order chi connectivity index (χ1) is 16.5. The van der Waals surface area contributed by atoms with Gasteiger partial charge in [-0.1, -0.05) is 27.7 Å². The van der Waals surface area contributed by atoms with Gasteiger partial charge >= 0.3 is 11.6 Å². The molecule has 0 spiro atoms. The summed E-state index contributed by atoms with van der Waals surface area (Å²) in [5, 5.41) is 12.4. The summed E-state index contributed by atoms with van der Waals surface area (Å²) < 4.78 is 11.1. The lowest BCUT2D eigenvalue weighted by Gasteiger charge is -2.63. The van der Waals surface area contributed by atoms with E-state index >= 15 is 0 Å². The van der Waals surface area contributed by atoms with Crippen molar-refractivity contribution in [2.75, 3.05) is 0 Å². The van der Waals surface area contributed by atoms with Crippen molar-refractivity contribution < 1.29 is 19.1 Å². The molecule has 4 saturated carbocycles. The van der Waals surface area contributed by atoms with Crippen molar-refractivity contribution in [3.63, 3.8) is 0 Å². The Bertz CT molecular complexity index is 1000. The molecule has 9 atom stereocenters. The second-order valence-corrected chi connectivity index (χ2v) is 13.0. The van der Waals surface area contributed by atoms with Crippen molar-refractivity contribution in [2.45, 2.75) is 109 Å². The Hall–Kier alpha value is -1.66. The van der Waals surface area contributed by atoms with E-state index in [1.54, 1.807) is 6.26 Å². The van der Waals surface area contributed by atoms with E-state index in [2.05, 4.69) is 13.8 Å². The fourth-order valence-electron chi connectivity index (χ4n) is 8.91. The van der Waals surface area contributed by atoms with E-state index < -0.39 is 11.6 Å². The lowest BCUT2D eigenvalue weighted by molar-refractivity contribution is -0.207. The van der Waals surface area contributed by atoms with Gasteiger partial charge in [0.15, 0.2) is 0 Å². The fourth-order valence-corrected chi connectivity index (χ4v) is 8.91. The maximum Gasteiger partial charge on any atom is 0.335 e. The lowest BCUT2D eigenvalue weighted by Crippen LogP contribution is -2.62. The SMILES string of the molecule is CC(C)C(N)C(=O)OC1CCC2(C)C(CCC3C2CCC2(C)C(c4ccc(=O)oc4)CCC32O)C1. The number of fused-ring (bicyclic) bond motifs is 5. The van der Waals surface area contributed by atoms with Gasteiger partial charge in [0.2, 0.25) is 0 Å². The van der Waals surface area contributed by atoms with Crippen LogP contribution in [-0.4, -0.2) is 28.8 Å². The Morgan fingerprint density at radius 3 is 2.54 bits per heavy atom. The average Bonchev–Trinajstić information content (AvgIpc) is 3.10. The molecule has 1 heterocycles. The highest BCUT2D eigenvalue weighted by Gasteiger charge is 2.67. The number of nitrogens with two attached hydrogens (primary N) is 1. The fraction of sp³-hybridized carbons (Fsp3) is 0.793. The van der Waals surface area contributed by atoms with Gasteiger partial charge in [-0.05, 0) is 104 Å². The monoisotopic (exact) mass is 485 g/mol. The topological polar surface area (TPSA) is 103 Å². The second kappa shape index (κ2) is 8.72. The van der Waals surface area contributed by atoms with Crippen molar-refractivity contribution in [3.8, 4) is 0 Å². The van der Waals surface area contributed by atoms with Crippen LogP contribution in [0.15, 0.2) is 27.6 Å². The summed E-state index contributed by atoms with van der Waals surface area (Å²) in [6, 6.07) is 2.84. The van der Waals surface area contributed by atoms with Crippen molar-refractivity contribution >= 4 is 5.97 Å². The van der Waals surface area contributed by atoms with Crippen LogP contribution in [0, 0.1) is 34.5 Å². The Balaban J connectivity index is 1.33. The highest BCUT2D eigenvalue weighted by atomic mass is 16.5. The number of aliphatic hydroxyl groups is 1. The molecular formula is C29H43NO5. The Morgan fingerprint density at radius 1 is 1.09 bits per heavy atom. The van der Waals surface area contributed by atoms with Crippen LogP contribution < -0.4 is 11.4 Å². The minimum Gasteiger partial charge on any atom is -0.461 e. The number of ether oxygens (including phenoxy) is 1. The van der Waals surface area contributed by atoms with Gasteiger partial charge in [-0.2, -0.15) is 0 Å². The average molecular weight is 486 g/mol. The molecule has 4 aliphatic rings. The van der Waals surface area contributed by atoms with Gasteiger partial charge in [0.05, 0.1) is 11.9 Å². The molecule has 1 aromatic heterocycles. The van der Waals surface area contributed by atoms with E-state index in [9.17, 15) is 14.7 Å². The van der Waals surface area contributed by atoms with Crippen LogP contribution in [0.2, 0.25) is 0 Å². The highest BCUT2D eigenvalue weighted by Crippen LogP contribution is 2.70. The van der Waals surface area contributed by atoms with Crippen molar-refractivity contribution in [1.29, 1.82) is 0 Å². The number of hydrogen-bond donors (Lipinski definition) is 2. The molecule has 9 unspecified atom stereocenters. The molecule has 0 saturated heterocycles. The summed E-state index contributed by atoms with van der Waals surface area (Å²) in [6.07, 6.45) is 10.3. The first-order valence-corrected chi connectivity index (χ1v) is 13.8. The predicted octanol–water partition coefficient (Wildman–Crippen LogP) is 4.78. The van der Waals surface area contributed by atoms with Crippen LogP contribution in [-0.2, 0) is 9.53 Å². The van der Waals surface area contributed by atoms with E-state index in [1.807, 2.05) is 19.9 Å². The number of hydrogen-bond acceptors (Lipinski definition) is 6. The zero-order valence-corrected chi connectivity index (χ0v) is 21.8. The standard InChI is InChI=1S/C29H43NO5/c1-17(2)25(30)26(32)35-20-9-12-27(3)19(15-20)6-7-23-22(27)10-13-28(4)21(11-14-29(23,28)33)18-5-8-24(31)34-16-18/h5,8,16-17,19-23,25,33H,6-7,9-15,30H2,1-4H3. The van der Waals surface area contributed by atoms with Gasteiger partial charge in [-0.15, -0.1) is 0 Å². The molecule has 35 heavy (non-hydrogen) atoms. The van der Waals surface area contributed by atoms with Gasteiger partial charge in [0.1, 0.15) is 12.1 Å². The number of rotatable bonds is 4. The van der Waals surface area contributed by atoms with Crippen molar-refractivity contribution in [2.24, 2.45) is 40.2 Å². The van der Waals surface area contributed by atoms with Gasteiger partial charge in [-0.3, -0.25) is 4.79 Å². The molecule has 0 radical (unpaired) electrons. The van der Waals surface area contributed by atoms with Crippen LogP contribution in [0.3, 0.4) is 0 Å². The number of carbonyl (C=O) groups excluding carboxylic acids is 1. The molecule has 194 valence electrons. The summed E-state index contributed by atoms with van der Waals surface area (Å²) in [6.45, 7) is 8.62. The smallest absolute Gasteiger partial charge is 0.335 e. The van der Waals surface area contributed by atoms with Gasteiger partial charge in [0, 0.05) is 11.5 Å². The van der Waals surface area contributed by atoms with Crippen LogP contribution in [0.1, 0.15) is 97.0 Å². The minimum atomic E-state index is -0.696. The Labute approximate surface area is 209 Å². The first-order valence-electron chi connectivity index (χ1n) is 13.8. The van der Waals surface area contributed by atoms with Crippen LogP contribution >= 0.6 is 0 Å². The second-order valence-electron chi connectivity index (χ2n) is 13.0. The summed E-state index contributed by atoms with van der Waals surface area (Å²) >= 11 is 0. The molecule has 0 amide bonds. The molecule has 6 heteroatoms. The quantitative estimate of drug-likeness (QED) is 0.595. The predicted molar refractivity (Wildman–Crippen MR) is 134 cm³/mol. The van der Waals surface area contributed by atoms with Crippen LogP contribution in [0.4, 0.5) is 0 Å². The largest absolute Gasteiger partial charge is 0.461 e. The number of esters is 1. The van der Waals surface area contributed by atoms with Crippen molar-refractivity contribution in [1.82, 2.24) is 0 Å². The third-order valence-corrected chi connectivity index (χ3v) is 11.2. The molecule has 0 aromatic carbocycles.